The fourth-order valence-corrected chi connectivity index (χ4v) is 6.21. The Morgan fingerprint density at radius 1 is 1.03 bits per heavy atom. The lowest BCUT2D eigenvalue weighted by atomic mass is 9.54. The van der Waals surface area contributed by atoms with Gasteiger partial charge in [0.15, 0.2) is 11.5 Å². The summed E-state index contributed by atoms with van der Waals surface area (Å²) in [6.45, 7) is 12.9. The number of methoxy groups -OCH3 is 2. The summed E-state index contributed by atoms with van der Waals surface area (Å²) in [7, 11) is 3.29. The lowest BCUT2D eigenvalue weighted by Crippen LogP contribution is -2.60. The summed E-state index contributed by atoms with van der Waals surface area (Å²) in [6, 6.07) is 7.87. The Morgan fingerprint density at radius 2 is 1.65 bits per heavy atom. The second-order valence-electron chi connectivity index (χ2n) is 11.8. The quantitative estimate of drug-likeness (QED) is 0.332. The van der Waals surface area contributed by atoms with E-state index >= 15 is 0 Å². The van der Waals surface area contributed by atoms with Gasteiger partial charge in [-0.25, -0.2) is 0 Å². The van der Waals surface area contributed by atoms with Crippen LogP contribution in [-0.4, -0.2) is 36.1 Å². The minimum atomic E-state index is -0.450. The highest BCUT2D eigenvalue weighted by molar-refractivity contribution is 5.74. The molecule has 0 saturated heterocycles. The third-order valence-corrected chi connectivity index (χ3v) is 8.74. The van der Waals surface area contributed by atoms with Gasteiger partial charge in [-0.3, -0.25) is 0 Å². The van der Waals surface area contributed by atoms with Crippen molar-refractivity contribution in [1.82, 2.24) is 0 Å². The van der Waals surface area contributed by atoms with Gasteiger partial charge in [0.05, 0.1) is 20.3 Å². The van der Waals surface area contributed by atoms with Crippen molar-refractivity contribution in [3.05, 3.63) is 58.2 Å². The van der Waals surface area contributed by atoms with E-state index < -0.39 is 11.7 Å². The molecule has 0 bridgehead atoms. The van der Waals surface area contributed by atoms with E-state index in [4.69, 9.17) is 14.2 Å². The summed E-state index contributed by atoms with van der Waals surface area (Å²) >= 11 is 0. The number of hydrogen-bond donors (Lipinski definition) is 2. The van der Waals surface area contributed by atoms with Gasteiger partial charge in [-0.05, 0) is 85.9 Å². The summed E-state index contributed by atoms with van der Waals surface area (Å²) in [4.78, 5) is 0. The van der Waals surface area contributed by atoms with Gasteiger partial charge in [0, 0.05) is 17.9 Å². The third kappa shape index (κ3) is 5.11. The SMILES string of the molecule is COc1cc(/C=C/c2cc3c(c(OC)c2)O[C@]2(C)C[C@@H](O)[C@@H](C)C(C)(C)[C@H]2C3)cc(O)c1CC=C(C)C. The van der Waals surface area contributed by atoms with Crippen LogP contribution in [0, 0.1) is 17.3 Å². The van der Waals surface area contributed by atoms with Crippen LogP contribution in [0.25, 0.3) is 12.2 Å². The van der Waals surface area contributed by atoms with E-state index in [1.807, 2.05) is 38.1 Å². The largest absolute Gasteiger partial charge is 0.507 e. The zero-order valence-corrected chi connectivity index (χ0v) is 23.5. The number of phenolic OH excluding ortho intramolecular Hbond substituents is 1. The van der Waals surface area contributed by atoms with E-state index in [2.05, 4.69) is 39.8 Å². The third-order valence-electron chi connectivity index (χ3n) is 8.74. The molecule has 0 radical (unpaired) electrons. The topological polar surface area (TPSA) is 68.2 Å². The molecule has 1 fully saturated rings. The van der Waals surface area contributed by atoms with Crippen LogP contribution in [0.1, 0.15) is 70.2 Å². The van der Waals surface area contributed by atoms with E-state index in [0.717, 1.165) is 34.4 Å². The molecule has 5 nitrogen and oxygen atoms in total. The molecular weight excluding hydrogens is 464 g/mol. The molecule has 0 aromatic heterocycles. The van der Waals surface area contributed by atoms with Crippen LogP contribution in [0.2, 0.25) is 0 Å². The Hall–Kier alpha value is -2.92. The molecule has 2 N–H and O–H groups in total. The van der Waals surface area contributed by atoms with Gasteiger partial charge in [-0.15, -0.1) is 0 Å². The molecule has 2 aromatic carbocycles. The molecule has 1 heterocycles. The number of benzene rings is 2. The van der Waals surface area contributed by atoms with E-state index in [1.165, 1.54) is 5.57 Å². The zero-order valence-electron chi connectivity index (χ0n) is 23.5. The molecule has 1 aliphatic carbocycles. The standard InChI is InChI=1S/C32H42O5/c1-19(2)9-12-24-25(33)14-22(15-27(24)35-7)11-10-21-13-23-17-29-31(4,5)20(3)26(34)18-32(29,6)37-30(23)28(16-21)36-8/h9-11,13-16,20,26,29,33-34H,12,17-18H2,1-8H3/b11-10+/t20-,26-,29-,32-/m1/s1. The molecule has 0 unspecified atom stereocenters. The minimum Gasteiger partial charge on any atom is -0.507 e. The van der Waals surface area contributed by atoms with Crippen molar-refractivity contribution in [3.63, 3.8) is 0 Å². The summed E-state index contributed by atoms with van der Waals surface area (Å²) in [6.07, 6.45) is 7.78. The van der Waals surface area contributed by atoms with Crippen molar-refractivity contribution < 1.29 is 24.4 Å². The highest BCUT2D eigenvalue weighted by Gasteiger charge is 2.56. The molecular formula is C32H42O5. The van der Waals surface area contributed by atoms with Crippen molar-refractivity contribution in [1.29, 1.82) is 0 Å². The van der Waals surface area contributed by atoms with Crippen LogP contribution in [-0.2, 0) is 12.8 Å². The first kappa shape index (κ1) is 27.1. The van der Waals surface area contributed by atoms with Crippen LogP contribution in [0.4, 0.5) is 0 Å². The molecule has 200 valence electrons. The first-order valence-electron chi connectivity index (χ1n) is 13.2. The molecule has 37 heavy (non-hydrogen) atoms. The van der Waals surface area contributed by atoms with Crippen LogP contribution >= 0.6 is 0 Å². The van der Waals surface area contributed by atoms with Crippen LogP contribution < -0.4 is 14.2 Å². The summed E-state index contributed by atoms with van der Waals surface area (Å²) < 4.78 is 18.0. The minimum absolute atomic E-state index is 0.0789. The number of phenols is 1. The second-order valence-corrected chi connectivity index (χ2v) is 11.8. The normalized spacial score (nSPS) is 26.1. The average Bonchev–Trinajstić information content (AvgIpc) is 2.84. The van der Waals surface area contributed by atoms with Gasteiger partial charge in [-0.2, -0.15) is 0 Å². The molecule has 2 aliphatic rings. The Balaban J connectivity index is 1.67. The number of ether oxygens (including phenoxy) is 3. The van der Waals surface area contributed by atoms with Crippen LogP contribution in [0.5, 0.6) is 23.0 Å². The summed E-state index contributed by atoms with van der Waals surface area (Å²) in [5.74, 6) is 2.82. The zero-order chi connectivity index (χ0) is 27.1. The van der Waals surface area contributed by atoms with Crippen molar-refractivity contribution in [2.45, 2.75) is 72.5 Å². The molecule has 2 aromatic rings. The fourth-order valence-electron chi connectivity index (χ4n) is 6.21. The second kappa shape index (κ2) is 10.1. The van der Waals surface area contributed by atoms with Gasteiger partial charge in [0.25, 0.3) is 0 Å². The maximum absolute atomic E-state index is 10.8. The molecule has 5 heteroatoms. The first-order chi connectivity index (χ1) is 17.4. The molecule has 0 amide bonds. The Labute approximate surface area is 221 Å². The van der Waals surface area contributed by atoms with Gasteiger partial charge >= 0.3 is 0 Å². The lowest BCUT2D eigenvalue weighted by molar-refractivity contribution is -0.154. The monoisotopic (exact) mass is 506 g/mol. The van der Waals surface area contributed by atoms with Crippen molar-refractivity contribution in [2.24, 2.45) is 17.3 Å². The number of aromatic hydroxyl groups is 1. The molecule has 0 spiro atoms. The van der Waals surface area contributed by atoms with E-state index in [1.54, 1.807) is 20.3 Å². The Morgan fingerprint density at radius 3 is 2.27 bits per heavy atom. The maximum atomic E-state index is 10.8. The van der Waals surface area contributed by atoms with E-state index in [-0.39, 0.29) is 23.0 Å². The maximum Gasteiger partial charge on any atom is 0.165 e. The van der Waals surface area contributed by atoms with Gasteiger partial charge < -0.3 is 24.4 Å². The molecule has 1 saturated carbocycles. The van der Waals surface area contributed by atoms with Crippen molar-refractivity contribution >= 4 is 12.2 Å². The Kier molecular flexibility index (Phi) is 7.40. The Bertz CT molecular complexity index is 1220. The number of allylic oxidation sites excluding steroid dienone is 2. The van der Waals surface area contributed by atoms with E-state index in [0.29, 0.717) is 24.3 Å². The highest BCUT2D eigenvalue weighted by atomic mass is 16.5. The van der Waals surface area contributed by atoms with Crippen molar-refractivity contribution in [2.75, 3.05) is 14.2 Å². The van der Waals surface area contributed by atoms with Crippen molar-refractivity contribution in [3.8, 4) is 23.0 Å². The average molecular weight is 507 g/mol. The smallest absolute Gasteiger partial charge is 0.165 e. The predicted octanol–water partition coefficient (Wildman–Crippen LogP) is 6.83. The molecule has 4 rings (SSSR count). The molecule has 1 aliphatic heterocycles. The number of rotatable bonds is 6. The van der Waals surface area contributed by atoms with Gasteiger partial charge in [0.1, 0.15) is 17.1 Å². The summed E-state index contributed by atoms with van der Waals surface area (Å²) in [5, 5.41) is 21.5. The first-order valence-corrected chi connectivity index (χ1v) is 13.2. The number of aliphatic hydroxyl groups is 1. The predicted molar refractivity (Wildman–Crippen MR) is 150 cm³/mol. The van der Waals surface area contributed by atoms with Crippen LogP contribution in [0.15, 0.2) is 35.9 Å². The van der Waals surface area contributed by atoms with Gasteiger partial charge in [0.2, 0.25) is 0 Å². The highest BCUT2D eigenvalue weighted by Crippen LogP contribution is 2.56. The fraction of sp³-hybridized carbons (Fsp3) is 0.500. The molecule has 4 atom stereocenters. The number of fused-ring (bicyclic) bond motifs is 2. The number of aliphatic hydroxyl groups excluding tert-OH is 1. The van der Waals surface area contributed by atoms with E-state index in [9.17, 15) is 10.2 Å². The summed E-state index contributed by atoms with van der Waals surface area (Å²) in [5.41, 5.74) is 4.42. The number of hydrogen-bond acceptors (Lipinski definition) is 5. The lowest BCUT2D eigenvalue weighted by Gasteiger charge is -2.57. The van der Waals surface area contributed by atoms with Crippen LogP contribution in [0.3, 0.4) is 0 Å². The van der Waals surface area contributed by atoms with Gasteiger partial charge in [-0.1, -0.05) is 44.6 Å².